The predicted octanol–water partition coefficient (Wildman–Crippen LogP) is 2.62. The standard InChI is InChI=1S/C21H24N6O/c1-4-27-13-11-17(24-27)21(28)26-12-10-16-18(14-26)22-19(23-20(16)25(2)3)15-8-6-5-7-9-15/h5-9,11,13H,4,10,12,14H2,1-3H3. The van der Waals surface area contributed by atoms with Gasteiger partial charge < -0.3 is 9.80 Å². The first kappa shape index (κ1) is 18.2. The molecule has 1 aromatic carbocycles. The topological polar surface area (TPSA) is 67.2 Å². The van der Waals surface area contributed by atoms with Gasteiger partial charge in [0.05, 0.1) is 12.2 Å². The van der Waals surface area contributed by atoms with Crippen molar-refractivity contribution < 1.29 is 4.79 Å². The molecule has 0 saturated carbocycles. The van der Waals surface area contributed by atoms with E-state index < -0.39 is 0 Å². The van der Waals surface area contributed by atoms with Gasteiger partial charge in [0.1, 0.15) is 11.5 Å². The smallest absolute Gasteiger partial charge is 0.274 e. The number of aromatic nitrogens is 4. The zero-order valence-corrected chi connectivity index (χ0v) is 16.5. The van der Waals surface area contributed by atoms with Gasteiger partial charge >= 0.3 is 0 Å². The third-order valence-electron chi connectivity index (χ3n) is 4.97. The Morgan fingerprint density at radius 1 is 1.14 bits per heavy atom. The fourth-order valence-electron chi connectivity index (χ4n) is 3.48. The number of aryl methyl sites for hydroxylation is 1. The van der Waals surface area contributed by atoms with E-state index in [2.05, 4.69) is 5.10 Å². The van der Waals surface area contributed by atoms with Crippen LogP contribution in [0.1, 0.15) is 28.7 Å². The number of nitrogens with zero attached hydrogens (tertiary/aromatic N) is 6. The second-order valence-electron chi connectivity index (χ2n) is 7.09. The van der Waals surface area contributed by atoms with Crippen molar-refractivity contribution in [3.8, 4) is 11.4 Å². The predicted molar refractivity (Wildman–Crippen MR) is 108 cm³/mol. The molecule has 4 rings (SSSR count). The Morgan fingerprint density at radius 3 is 2.61 bits per heavy atom. The maximum absolute atomic E-state index is 12.9. The Kier molecular flexibility index (Phi) is 4.81. The number of amides is 1. The molecule has 0 unspecified atom stereocenters. The van der Waals surface area contributed by atoms with Gasteiger partial charge in [0.25, 0.3) is 5.91 Å². The van der Waals surface area contributed by atoms with Crippen molar-refractivity contribution >= 4 is 11.7 Å². The molecule has 28 heavy (non-hydrogen) atoms. The van der Waals surface area contributed by atoms with Gasteiger partial charge in [-0.3, -0.25) is 9.48 Å². The van der Waals surface area contributed by atoms with Crippen molar-refractivity contribution in [3.63, 3.8) is 0 Å². The summed E-state index contributed by atoms with van der Waals surface area (Å²) in [6.45, 7) is 3.86. The third-order valence-corrected chi connectivity index (χ3v) is 4.97. The molecule has 0 bridgehead atoms. The molecule has 0 spiro atoms. The molecule has 7 nitrogen and oxygen atoms in total. The summed E-state index contributed by atoms with van der Waals surface area (Å²) in [4.78, 5) is 26.4. The summed E-state index contributed by atoms with van der Waals surface area (Å²) < 4.78 is 1.77. The highest BCUT2D eigenvalue weighted by molar-refractivity contribution is 5.92. The molecule has 0 fully saturated rings. The van der Waals surface area contributed by atoms with Crippen LogP contribution in [0.4, 0.5) is 5.82 Å². The van der Waals surface area contributed by atoms with E-state index in [4.69, 9.17) is 9.97 Å². The summed E-state index contributed by atoms with van der Waals surface area (Å²) in [5, 5.41) is 4.36. The highest BCUT2D eigenvalue weighted by Crippen LogP contribution is 2.29. The molecular weight excluding hydrogens is 352 g/mol. The highest BCUT2D eigenvalue weighted by atomic mass is 16.2. The van der Waals surface area contributed by atoms with Crippen molar-refractivity contribution in [1.82, 2.24) is 24.6 Å². The highest BCUT2D eigenvalue weighted by Gasteiger charge is 2.27. The van der Waals surface area contributed by atoms with Crippen LogP contribution in [0.5, 0.6) is 0 Å². The second kappa shape index (κ2) is 7.42. The number of anilines is 1. The summed E-state index contributed by atoms with van der Waals surface area (Å²) in [7, 11) is 3.98. The van der Waals surface area contributed by atoms with Crippen LogP contribution in [-0.2, 0) is 19.5 Å². The molecule has 0 saturated heterocycles. The lowest BCUT2D eigenvalue weighted by Crippen LogP contribution is -2.37. The average molecular weight is 376 g/mol. The molecule has 3 aromatic rings. The van der Waals surface area contributed by atoms with E-state index in [0.29, 0.717) is 24.6 Å². The summed E-state index contributed by atoms with van der Waals surface area (Å²) >= 11 is 0. The van der Waals surface area contributed by atoms with Crippen LogP contribution in [0.25, 0.3) is 11.4 Å². The van der Waals surface area contributed by atoms with Crippen LogP contribution in [0, 0.1) is 0 Å². The van der Waals surface area contributed by atoms with Crippen LogP contribution in [0.3, 0.4) is 0 Å². The van der Waals surface area contributed by atoms with Gasteiger partial charge in [-0.05, 0) is 19.4 Å². The van der Waals surface area contributed by atoms with Crippen molar-refractivity contribution in [1.29, 1.82) is 0 Å². The number of fused-ring (bicyclic) bond motifs is 1. The van der Waals surface area contributed by atoms with E-state index in [1.54, 1.807) is 10.7 Å². The lowest BCUT2D eigenvalue weighted by Gasteiger charge is -2.30. The van der Waals surface area contributed by atoms with Gasteiger partial charge in [-0.1, -0.05) is 30.3 Å². The molecule has 1 aliphatic heterocycles. The lowest BCUT2D eigenvalue weighted by molar-refractivity contribution is 0.0725. The van der Waals surface area contributed by atoms with Crippen LogP contribution in [0.15, 0.2) is 42.6 Å². The fourth-order valence-corrected chi connectivity index (χ4v) is 3.48. The van der Waals surface area contributed by atoms with Crippen molar-refractivity contribution in [2.24, 2.45) is 0 Å². The molecule has 0 N–H and O–H groups in total. The molecular formula is C21H24N6O. The molecule has 144 valence electrons. The molecule has 3 heterocycles. The second-order valence-corrected chi connectivity index (χ2v) is 7.09. The van der Waals surface area contributed by atoms with Gasteiger partial charge in [-0.15, -0.1) is 0 Å². The van der Waals surface area contributed by atoms with Crippen LogP contribution >= 0.6 is 0 Å². The zero-order valence-electron chi connectivity index (χ0n) is 16.5. The van der Waals surface area contributed by atoms with E-state index in [1.807, 2.05) is 67.3 Å². The first-order chi connectivity index (χ1) is 13.6. The van der Waals surface area contributed by atoms with Crippen molar-refractivity contribution in [2.45, 2.75) is 26.4 Å². The Balaban J connectivity index is 1.68. The number of carbonyl (C=O) groups is 1. The Hall–Kier alpha value is -3.22. The Morgan fingerprint density at radius 2 is 1.93 bits per heavy atom. The van der Waals surface area contributed by atoms with Crippen LogP contribution in [0.2, 0.25) is 0 Å². The van der Waals surface area contributed by atoms with E-state index >= 15 is 0 Å². The Bertz CT molecular complexity index is 995. The minimum Gasteiger partial charge on any atom is -0.362 e. The van der Waals surface area contributed by atoms with E-state index in [9.17, 15) is 4.79 Å². The average Bonchev–Trinajstić information content (AvgIpc) is 3.21. The molecule has 0 radical (unpaired) electrons. The molecule has 2 aromatic heterocycles. The van der Waals surface area contributed by atoms with E-state index in [-0.39, 0.29) is 5.91 Å². The number of hydrogen-bond acceptors (Lipinski definition) is 5. The van der Waals surface area contributed by atoms with Crippen LogP contribution in [-0.4, -0.2) is 51.2 Å². The summed E-state index contributed by atoms with van der Waals surface area (Å²) in [6.07, 6.45) is 2.57. The number of hydrogen-bond donors (Lipinski definition) is 0. The first-order valence-corrected chi connectivity index (χ1v) is 9.52. The minimum atomic E-state index is -0.0517. The molecule has 1 amide bonds. The largest absolute Gasteiger partial charge is 0.362 e. The van der Waals surface area contributed by atoms with E-state index in [0.717, 1.165) is 35.6 Å². The first-order valence-electron chi connectivity index (χ1n) is 9.52. The number of benzene rings is 1. The molecule has 0 atom stereocenters. The Labute approximate surface area is 164 Å². The number of carbonyl (C=O) groups excluding carboxylic acids is 1. The minimum absolute atomic E-state index is 0.0517. The normalized spacial score (nSPS) is 13.3. The van der Waals surface area contributed by atoms with Gasteiger partial charge in [-0.2, -0.15) is 5.10 Å². The quantitative estimate of drug-likeness (QED) is 0.700. The molecule has 1 aliphatic rings. The van der Waals surface area contributed by atoms with Gasteiger partial charge in [0, 0.05) is 44.5 Å². The summed E-state index contributed by atoms with van der Waals surface area (Å²) in [6, 6.07) is 11.7. The maximum atomic E-state index is 12.9. The summed E-state index contributed by atoms with van der Waals surface area (Å²) in [5.41, 5.74) is 3.48. The monoisotopic (exact) mass is 376 g/mol. The van der Waals surface area contributed by atoms with Gasteiger partial charge in [-0.25, -0.2) is 9.97 Å². The molecule has 7 heteroatoms. The fraction of sp³-hybridized carbons (Fsp3) is 0.333. The lowest BCUT2D eigenvalue weighted by atomic mass is 10.0. The van der Waals surface area contributed by atoms with Gasteiger partial charge in [0.15, 0.2) is 5.82 Å². The van der Waals surface area contributed by atoms with Crippen LogP contribution < -0.4 is 4.90 Å². The summed E-state index contributed by atoms with van der Waals surface area (Å²) in [5.74, 6) is 1.56. The maximum Gasteiger partial charge on any atom is 0.274 e. The number of rotatable bonds is 4. The van der Waals surface area contributed by atoms with E-state index in [1.165, 1.54) is 0 Å². The van der Waals surface area contributed by atoms with Crippen molar-refractivity contribution in [2.75, 3.05) is 25.5 Å². The van der Waals surface area contributed by atoms with Crippen molar-refractivity contribution in [3.05, 3.63) is 59.5 Å². The zero-order chi connectivity index (χ0) is 19.7. The third kappa shape index (κ3) is 3.35. The SMILES string of the molecule is CCn1ccc(C(=O)N2CCc3c(nc(-c4ccccc4)nc3N(C)C)C2)n1. The molecule has 0 aliphatic carbocycles. The van der Waals surface area contributed by atoms with Gasteiger partial charge in [0.2, 0.25) is 0 Å².